The van der Waals surface area contributed by atoms with E-state index in [1.54, 1.807) is 0 Å². The SMILES string of the molecule is CC(C)(C)C1CC(F)(C#N)CCN1Cc1ccccc1. The number of likely N-dealkylation sites (tertiary alicyclic amines) is 1. The zero-order chi connectivity index (χ0) is 14.8. The van der Waals surface area contributed by atoms with Crippen LogP contribution in [0.15, 0.2) is 30.3 Å². The molecule has 3 heteroatoms. The first-order valence-corrected chi connectivity index (χ1v) is 7.22. The smallest absolute Gasteiger partial charge is 0.198 e. The Balaban J connectivity index is 2.18. The summed E-state index contributed by atoms with van der Waals surface area (Å²) in [6.45, 7) is 7.83. The number of benzene rings is 1. The second-order valence-electron chi connectivity index (χ2n) is 6.87. The summed E-state index contributed by atoms with van der Waals surface area (Å²) in [5, 5.41) is 9.07. The number of rotatable bonds is 2. The molecule has 1 heterocycles. The van der Waals surface area contributed by atoms with Gasteiger partial charge in [0.1, 0.15) is 6.07 Å². The minimum Gasteiger partial charge on any atom is -0.295 e. The average molecular weight is 274 g/mol. The summed E-state index contributed by atoms with van der Waals surface area (Å²) in [6, 6.07) is 12.2. The van der Waals surface area contributed by atoms with Crippen LogP contribution in [0.2, 0.25) is 0 Å². The van der Waals surface area contributed by atoms with Crippen molar-refractivity contribution in [2.75, 3.05) is 6.54 Å². The van der Waals surface area contributed by atoms with Crippen molar-refractivity contribution < 1.29 is 4.39 Å². The van der Waals surface area contributed by atoms with E-state index >= 15 is 0 Å². The van der Waals surface area contributed by atoms with Crippen LogP contribution >= 0.6 is 0 Å². The summed E-state index contributed by atoms with van der Waals surface area (Å²) in [5.74, 6) is 0. The lowest BCUT2D eigenvalue weighted by atomic mass is 9.76. The van der Waals surface area contributed by atoms with Gasteiger partial charge in [-0.1, -0.05) is 51.1 Å². The first-order chi connectivity index (χ1) is 9.34. The molecule has 0 radical (unpaired) electrons. The highest BCUT2D eigenvalue weighted by Crippen LogP contribution is 2.38. The molecule has 0 aliphatic carbocycles. The highest BCUT2D eigenvalue weighted by Gasteiger charge is 2.44. The van der Waals surface area contributed by atoms with Crippen LogP contribution < -0.4 is 0 Å². The Hall–Kier alpha value is -1.40. The van der Waals surface area contributed by atoms with Crippen LogP contribution in [0.5, 0.6) is 0 Å². The van der Waals surface area contributed by atoms with Gasteiger partial charge >= 0.3 is 0 Å². The highest BCUT2D eigenvalue weighted by molar-refractivity contribution is 5.16. The van der Waals surface area contributed by atoms with E-state index in [9.17, 15) is 4.39 Å². The Morgan fingerprint density at radius 2 is 2.00 bits per heavy atom. The number of piperidine rings is 1. The van der Waals surface area contributed by atoms with Crippen LogP contribution in [0.1, 0.15) is 39.2 Å². The summed E-state index contributed by atoms with van der Waals surface area (Å²) in [7, 11) is 0. The molecule has 2 rings (SSSR count). The topological polar surface area (TPSA) is 27.0 Å². The number of nitriles is 1. The minimum atomic E-state index is -1.66. The molecule has 0 saturated carbocycles. The quantitative estimate of drug-likeness (QED) is 0.817. The van der Waals surface area contributed by atoms with Crippen LogP contribution in [0.25, 0.3) is 0 Å². The standard InChI is InChI=1S/C17H23FN2/c1-16(2,3)15-11-17(18,13-19)9-10-20(15)12-14-7-5-4-6-8-14/h4-8,15H,9-12H2,1-3H3. The van der Waals surface area contributed by atoms with E-state index < -0.39 is 5.67 Å². The molecule has 1 aromatic rings. The van der Waals surface area contributed by atoms with E-state index in [0.29, 0.717) is 19.4 Å². The first-order valence-electron chi connectivity index (χ1n) is 7.22. The van der Waals surface area contributed by atoms with Crippen molar-refractivity contribution in [1.29, 1.82) is 5.26 Å². The molecular formula is C17H23FN2. The van der Waals surface area contributed by atoms with Gasteiger partial charge < -0.3 is 0 Å². The number of halogens is 1. The zero-order valence-electron chi connectivity index (χ0n) is 12.6. The van der Waals surface area contributed by atoms with Crippen LogP contribution in [-0.2, 0) is 6.54 Å². The lowest BCUT2D eigenvalue weighted by molar-refractivity contribution is -0.00397. The van der Waals surface area contributed by atoms with Crippen molar-refractivity contribution in [2.45, 2.75) is 51.9 Å². The monoisotopic (exact) mass is 274 g/mol. The fraction of sp³-hybridized carbons (Fsp3) is 0.588. The third-order valence-electron chi connectivity index (χ3n) is 4.18. The Bertz CT molecular complexity index is 486. The Morgan fingerprint density at radius 1 is 1.35 bits per heavy atom. The third kappa shape index (κ3) is 3.37. The first kappa shape index (κ1) is 15.0. The van der Waals surface area contributed by atoms with Gasteiger partial charge in [0.25, 0.3) is 0 Å². The molecule has 20 heavy (non-hydrogen) atoms. The largest absolute Gasteiger partial charge is 0.295 e. The minimum absolute atomic E-state index is 0.0383. The molecular weight excluding hydrogens is 251 g/mol. The van der Waals surface area contributed by atoms with E-state index in [-0.39, 0.29) is 11.5 Å². The van der Waals surface area contributed by atoms with Gasteiger partial charge in [0.05, 0.1) is 0 Å². The molecule has 108 valence electrons. The van der Waals surface area contributed by atoms with Gasteiger partial charge in [0, 0.05) is 32.0 Å². The number of alkyl halides is 1. The summed E-state index contributed by atoms with van der Waals surface area (Å²) in [5.41, 5.74) is -0.459. The van der Waals surface area contributed by atoms with Gasteiger partial charge in [0.15, 0.2) is 5.67 Å². The molecule has 1 fully saturated rings. The maximum Gasteiger partial charge on any atom is 0.198 e. The summed E-state index contributed by atoms with van der Waals surface area (Å²) < 4.78 is 14.4. The number of hydrogen-bond acceptors (Lipinski definition) is 2. The van der Waals surface area contributed by atoms with Crippen LogP contribution in [-0.4, -0.2) is 23.2 Å². The van der Waals surface area contributed by atoms with Gasteiger partial charge in [-0.15, -0.1) is 0 Å². The maximum absolute atomic E-state index is 14.4. The number of nitrogens with zero attached hydrogens (tertiary/aromatic N) is 2. The predicted octanol–water partition coefficient (Wildman–Crippen LogP) is 3.93. The van der Waals surface area contributed by atoms with E-state index in [1.165, 1.54) is 5.56 Å². The van der Waals surface area contributed by atoms with Crippen molar-refractivity contribution in [1.82, 2.24) is 4.90 Å². The molecule has 1 aliphatic heterocycles. The summed E-state index contributed by atoms with van der Waals surface area (Å²) >= 11 is 0. The van der Waals surface area contributed by atoms with E-state index in [0.717, 1.165) is 6.54 Å². The molecule has 0 aromatic heterocycles. The molecule has 2 atom stereocenters. The zero-order valence-corrected chi connectivity index (χ0v) is 12.6. The molecule has 0 N–H and O–H groups in total. The second kappa shape index (κ2) is 5.54. The number of hydrogen-bond donors (Lipinski definition) is 0. The van der Waals surface area contributed by atoms with Crippen molar-refractivity contribution in [3.63, 3.8) is 0 Å². The molecule has 0 spiro atoms. The molecule has 0 bridgehead atoms. The van der Waals surface area contributed by atoms with Crippen LogP contribution in [0.4, 0.5) is 4.39 Å². The van der Waals surface area contributed by atoms with Gasteiger partial charge in [-0.2, -0.15) is 5.26 Å². The Labute approximate surface area is 121 Å². The lowest BCUT2D eigenvalue weighted by Crippen LogP contribution is -2.53. The van der Waals surface area contributed by atoms with E-state index in [2.05, 4.69) is 37.8 Å². The predicted molar refractivity (Wildman–Crippen MR) is 78.8 cm³/mol. The second-order valence-corrected chi connectivity index (χ2v) is 6.87. The van der Waals surface area contributed by atoms with Crippen molar-refractivity contribution in [3.05, 3.63) is 35.9 Å². The average Bonchev–Trinajstić information content (AvgIpc) is 2.41. The summed E-state index contributed by atoms with van der Waals surface area (Å²) in [4.78, 5) is 2.32. The molecule has 2 unspecified atom stereocenters. The fourth-order valence-corrected chi connectivity index (χ4v) is 2.98. The van der Waals surface area contributed by atoms with E-state index in [4.69, 9.17) is 5.26 Å². The fourth-order valence-electron chi connectivity index (χ4n) is 2.98. The van der Waals surface area contributed by atoms with Gasteiger partial charge in [-0.05, 0) is 11.0 Å². The van der Waals surface area contributed by atoms with Crippen molar-refractivity contribution in [3.8, 4) is 6.07 Å². The van der Waals surface area contributed by atoms with Gasteiger partial charge in [-0.25, -0.2) is 4.39 Å². The molecule has 1 saturated heterocycles. The maximum atomic E-state index is 14.4. The van der Waals surface area contributed by atoms with Gasteiger partial charge in [-0.3, -0.25) is 4.90 Å². The van der Waals surface area contributed by atoms with Crippen molar-refractivity contribution in [2.24, 2.45) is 5.41 Å². The van der Waals surface area contributed by atoms with Crippen LogP contribution in [0.3, 0.4) is 0 Å². The summed E-state index contributed by atoms with van der Waals surface area (Å²) in [6.07, 6.45) is 0.614. The molecule has 1 aliphatic rings. The van der Waals surface area contributed by atoms with Crippen molar-refractivity contribution >= 4 is 0 Å². The normalized spacial score (nSPS) is 28.1. The Morgan fingerprint density at radius 3 is 2.55 bits per heavy atom. The van der Waals surface area contributed by atoms with Gasteiger partial charge in [0.2, 0.25) is 0 Å². The molecule has 0 amide bonds. The van der Waals surface area contributed by atoms with Crippen LogP contribution in [0, 0.1) is 16.7 Å². The molecule has 1 aromatic carbocycles. The third-order valence-corrected chi connectivity index (χ3v) is 4.18. The Kier molecular flexibility index (Phi) is 4.15. The van der Waals surface area contributed by atoms with E-state index in [1.807, 2.05) is 24.3 Å². The lowest BCUT2D eigenvalue weighted by Gasteiger charge is -2.46. The highest BCUT2D eigenvalue weighted by atomic mass is 19.1. The molecule has 2 nitrogen and oxygen atoms in total.